The molecule has 5 rings (SSSR count). The van der Waals surface area contributed by atoms with Crippen molar-refractivity contribution < 1.29 is 14.0 Å². The van der Waals surface area contributed by atoms with Gasteiger partial charge in [-0.3, -0.25) is 9.59 Å². The fourth-order valence-corrected chi connectivity index (χ4v) is 5.62. The zero-order chi connectivity index (χ0) is 25.9. The van der Waals surface area contributed by atoms with Gasteiger partial charge in [0.1, 0.15) is 17.1 Å². The van der Waals surface area contributed by atoms with Crippen molar-refractivity contribution in [2.75, 3.05) is 38.6 Å². The number of anilines is 1. The van der Waals surface area contributed by atoms with Crippen LogP contribution in [0.1, 0.15) is 18.9 Å². The van der Waals surface area contributed by atoms with Gasteiger partial charge in [0.15, 0.2) is 11.6 Å². The number of pyridine rings is 1. The Labute approximate surface area is 220 Å². The van der Waals surface area contributed by atoms with Gasteiger partial charge in [-0.25, -0.2) is 14.4 Å². The third kappa shape index (κ3) is 3.93. The Morgan fingerprint density at radius 3 is 2.69 bits per heavy atom. The normalized spacial score (nSPS) is 20.8. The Bertz CT molecular complexity index is 1400. The molecule has 190 valence electrons. The van der Waals surface area contributed by atoms with Crippen molar-refractivity contribution >= 4 is 67.1 Å². The topological polar surface area (TPSA) is 101 Å². The van der Waals surface area contributed by atoms with Gasteiger partial charge in [-0.15, -0.1) is 0 Å². The predicted octanol–water partition coefficient (Wildman–Crippen LogP) is 3.09. The number of hydrogen-bond donors (Lipinski definition) is 1. The molecule has 2 saturated heterocycles. The highest BCUT2D eigenvalue weighted by Crippen LogP contribution is 2.41. The van der Waals surface area contributed by atoms with Gasteiger partial charge in [0.25, 0.3) is 0 Å². The lowest BCUT2D eigenvalue weighted by molar-refractivity contribution is -0.138. The summed E-state index contributed by atoms with van der Waals surface area (Å²) in [7, 11) is 4.05. The van der Waals surface area contributed by atoms with E-state index < -0.39 is 17.8 Å². The number of carbonyl (C=O) groups is 2. The highest BCUT2D eigenvalue weighted by Gasteiger charge is 2.37. The molecule has 9 nitrogen and oxygen atoms in total. The van der Waals surface area contributed by atoms with Crippen molar-refractivity contribution in [1.82, 2.24) is 24.3 Å². The van der Waals surface area contributed by atoms with Crippen LogP contribution in [0.4, 0.5) is 10.2 Å². The van der Waals surface area contributed by atoms with Crippen molar-refractivity contribution in [3.63, 3.8) is 0 Å². The SMILES string of the molecule is C=CC(=O)N1CC[C@H](n2cnc3c(N4CC(N(C)C)C4)nc4c(F)c(Br)c(Cl)cc4c32)C[C@H]1C(N)=O. The molecule has 1 aromatic carbocycles. The van der Waals surface area contributed by atoms with E-state index in [2.05, 4.69) is 32.3 Å². The summed E-state index contributed by atoms with van der Waals surface area (Å²) in [5.41, 5.74) is 7.18. The van der Waals surface area contributed by atoms with Gasteiger partial charge >= 0.3 is 0 Å². The highest BCUT2D eigenvalue weighted by atomic mass is 79.9. The van der Waals surface area contributed by atoms with Crippen molar-refractivity contribution in [3.05, 3.63) is 40.4 Å². The second kappa shape index (κ2) is 9.28. The van der Waals surface area contributed by atoms with Crippen molar-refractivity contribution in [2.24, 2.45) is 5.73 Å². The molecule has 2 amide bonds. The van der Waals surface area contributed by atoms with E-state index in [1.54, 1.807) is 12.4 Å². The first-order chi connectivity index (χ1) is 17.1. The number of likely N-dealkylation sites (tertiary alicyclic amines) is 1. The number of amides is 2. The molecule has 0 saturated carbocycles. The number of nitrogens with zero attached hydrogens (tertiary/aromatic N) is 6. The second-order valence-electron chi connectivity index (χ2n) is 9.52. The van der Waals surface area contributed by atoms with Crippen LogP contribution in [-0.4, -0.2) is 82.0 Å². The van der Waals surface area contributed by atoms with Gasteiger partial charge in [-0.1, -0.05) is 18.2 Å². The maximum absolute atomic E-state index is 15.4. The fraction of sp³-hybridized carbons (Fsp3) is 0.417. The molecular weight excluding hydrogens is 553 g/mol. The van der Waals surface area contributed by atoms with Crippen LogP contribution in [0.15, 0.2) is 29.5 Å². The maximum Gasteiger partial charge on any atom is 0.246 e. The minimum atomic E-state index is -0.787. The molecule has 0 unspecified atom stereocenters. The van der Waals surface area contributed by atoms with Crippen LogP contribution in [0.5, 0.6) is 0 Å². The van der Waals surface area contributed by atoms with Crippen LogP contribution in [0.3, 0.4) is 0 Å². The van der Waals surface area contributed by atoms with Gasteiger partial charge in [0.2, 0.25) is 11.8 Å². The first-order valence-corrected chi connectivity index (χ1v) is 12.8. The monoisotopic (exact) mass is 577 g/mol. The number of halogens is 3. The van der Waals surface area contributed by atoms with Crippen LogP contribution in [0.25, 0.3) is 21.9 Å². The summed E-state index contributed by atoms with van der Waals surface area (Å²) < 4.78 is 17.5. The summed E-state index contributed by atoms with van der Waals surface area (Å²) in [6, 6.07) is 1.06. The lowest BCUT2D eigenvalue weighted by Crippen LogP contribution is -2.57. The van der Waals surface area contributed by atoms with Gasteiger partial charge < -0.3 is 25.0 Å². The average molecular weight is 579 g/mol. The van der Waals surface area contributed by atoms with Gasteiger partial charge in [0.05, 0.1) is 21.3 Å². The van der Waals surface area contributed by atoms with Crippen molar-refractivity contribution in [3.8, 4) is 0 Å². The van der Waals surface area contributed by atoms with Crippen LogP contribution in [-0.2, 0) is 9.59 Å². The van der Waals surface area contributed by atoms with Crippen LogP contribution >= 0.6 is 27.5 Å². The molecule has 2 atom stereocenters. The van der Waals surface area contributed by atoms with Crippen LogP contribution < -0.4 is 10.6 Å². The molecule has 0 spiro atoms. The number of imidazole rings is 1. The summed E-state index contributed by atoms with van der Waals surface area (Å²) >= 11 is 9.59. The molecule has 0 bridgehead atoms. The number of likely N-dealkylation sites (N-methyl/N-ethyl adjacent to an activating group) is 1. The number of rotatable bonds is 5. The molecule has 4 heterocycles. The molecule has 2 aliphatic rings. The van der Waals surface area contributed by atoms with E-state index in [-0.39, 0.29) is 27.0 Å². The third-order valence-corrected chi connectivity index (χ3v) is 8.56. The molecule has 2 N–H and O–H groups in total. The molecule has 2 aliphatic heterocycles. The largest absolute Gasteiger partial charge is 0.368 e. The second-order valence-corrected chi connectivity index (χ2v) is 10.7. The Balaban J connectivity index is 1.65. The minimum Gasteiger partial charge on any atom is -0.368 e. The third-order valence-electron chi connectivity index (χ3n) is 7.26. The fourth-order valence-electron chi connectivity index (χ4n) is 5.13. The van der Waals surface area contributed by atoms with Gasteiger partial charge in [-0.05, 0) is 55.0 Å². The van der Waals surface area contributed by atoms with E-state index in [9.17, 15) is 9.59 Å². The van der Waals surface area contributed by atoms with E-state index in [0.717, 1.165) is 13.1 Å². The summed E-state index contributed by atoms with van der Waals surface area (Å²) in [4.78, 5) is 39.6. The first kappa shape index (κ1) is 24.9. The summed E-state index contributed by atoms with van der Waals surface area (Å²) in [5.74, 6) is -0.857. The summed E-state index contributed by atoms with van der Waals surface area (Å²) in [6.45, 7) is 5.35. The number of fused-ring (bicyclic) bond motifs is 3. The molecule has 36 heavy (non-hydrogen) atoms. The van der Waals surface area contributed by atoms with Gasteiger partial charge in [0, 0.05) is 37.1 Å². The predicted molar refractivity (Wildman–Crippen MR) is 141 cm³/mol. The maximum atomic E-state index is 15.4. The van der Waals surface area contributed by atoms with Crippen LogP contribution in [0, 0.1) is 5.82 Å². The number of piperidine rings is 1. The zero-order valence-electron chi connectivity index (χ0n) is 19.9. The van der Waals surface area contributed by atoms with Gasteiger partial charge in [-0.2, -0.15) is 0 Å². The van der Waals surface area contributed by atoms with E-state index in [0.29, 0.717) is 47.7 Å². The summed E-state index contributed by atoms with van der Waals surface area (Å²) in [6.07, 6.45) is 3.75. The Kier molecular flexibility index (Phi) is 6.42. The molecule has 0 radical (unpaired) electrons. The number of nitrogens with two attached hydrogens (primary N) is 1. The van der Waals surface area contributed by atoms with Crippen LogP contribution in [0.2, 0.25) is 5.02 Å². The number of aromatic nitrogens is 3. The lowest BCUT2D eigenvalue weighted by atomic mass is 9.95. The molecule has 2 aromatic heterocycles. The van der Waals surface area contributed by atoms with E-state index >= 15 is 4.39 Å². The molecule has 2 fully saturated rings. The standard InChI is InChI=1S/C24H26BrClFN7O2/c1-4-17(35)33-6-5-12(7-16(33)23(28)36)34-11-29-21-22(34)14-8-15(26)18(25)19(27)20(14)30-24(21)32-9-13(10-32)31(2)3/h4,8,11-13,16H,1,5-7,9-10H2,2-3H3,(H2,28,36)/t12-,16-/m0/s1. The Morgan fingerprint density at radius 2 is 2.06 bits per heavy atom. The minimum absolute atomic E-state index is 0.153. The quantitative estimate of drug-likeness (QED) is 0.369. The summed E-state index contributed by atoms with van der Waals surface area (Å²) in [5, 5.41) is 0.753. The first-order valence-electron chi connectivity index (χ1n) is 11.6. The van der Waals surface area contributed by atoms with E-state index in [1.807, 2.05) is 18.7 Å². The van der Waals surface area contributed by atoms with E-state index in [1.165, 1.54) is 11.0 Å². The molecule has 0 aliphatic carbocycles. The number of hydrogen-bond acceptors (Lipinski definition) is 6. The van der Waals surface area contributed by atoms with Crippen molar-refractivity contribution in [2.45, 2.75) is 31.0 Å². The molecule has 3 aromatic rings. The lowest BCUT2D eigenvalue weighted by Gasteiger charge is -2.43. The number of carbonyl (C=O) groups excluding carboxylic acids is 2. The number of primary amides is 1. The van der Waals surface area contributed by atoms with E-state index in [4.69, 9.17) is 27.3 Å². The Morgan fingerprint density at radius 1 is 1.33 bits per heavy atom. The number of benzene rings is 1. The average Bonchev–Trinajstić information content (AvgIpc) is 3.26. The molecule has 12 heteroatoms. The Hall–Kier alpha value is -2.76. The molecular formula is C24H26BrClFN7O2. The smallest absolute Gasteiger partial charge is 0.246 e. The van der Waals surface area contributed by atoms with Crippen molar-refractivity contribution in [1.29, 1.82) is 0 Å². The zero-order valence-corrected chi connectivity index (χ0v) is 22.3. The highest BCUT2D eigenvalue weighted by molar-refractivity contribution is 9.10.